The number of allylic oxidation sites excluding steroid dienone is 4. The predicted octanol–water partition coefficient (Wildman–Crippen LogP) is 7.95. The van der Waals surface area contributed by atoms with Gasteiger partial charge in [-0.25, -0.2) is 0 Å². The molecule has 0 N–H and O–H groups in total. The van der Waals surface area contributed by atoms with Gasteiger partial charge in [0.15, 0.2) is 0 Å². The third-order valence-electron chi connectivity index (χ3n) is 7.89. The second-order valence-corrected chi connectivity index (χ2v) is 9.45. The highest BCUT2D eigenvalue weighted by atomic mass is 14.4. The molecule has 0 aromatic rings. The summed E-state index contributed by atoms with van der Waals surface area (Å²) in [6.45, 7) is 4.55. The monoisotopic (exact) mass is 342 g/mol. The van der Waals surface area contributed by atoms with E-state index in [1.807, 2.05) is 0 Å². The first-order chi connectivity index (χ1) is 12.3. The van der Waals surface area contributed by atoms with Gasteiger partial charge in [-0.05, 0) is 107 Å². The van der Waals surface area contributed by atoms with E-state index in [4.69, 9.17) is 0 Å². The Morgan fingerprint density at radius 1 is 0.560 bits per heavy atom. The van der Waals surface area contributed by atoms with E-state index in [0.29, 0.717) is 0 Å². The number of rotatable bonds is 5. The van der Waals surface area contributed by atoms with Crippen LogP contribution in [0, 0.1) is 35.5 Å². The molecular formula is C25H42. The molecule has 0 amide bonds. The van der Waals surface area contributed by atoms with Crippen LogP contribution in [-0.2, 0) is 0 Å². The summed E-state index contributed by atoms with van der Waals surface area (Å²) in [5, 5.41) is 0. The van der Waals surface area contributed by atoms with E-state index in [9.17, 15) is 0 Å². The second-order valence-electron chi connectivity index (χ2n) is 9.45. The molecule has 0 atom stereocenters. The molecule has 3 aliphatic rings. The molecule has 3 rings (SSSR count). The van der Waals surface area contributed by atoms with Crippen LogP contribution in [0.3, 0.4) is 0 Å². The molecule has 142 valence electrons. The summed E-state index contributed by atoms with van der Waals surface area (Å²) >= 11 is 0. The van der Waals surface area contributed by atoms with Gasteiger partial charge in [0.2, 0.25) is 0 Å². The molecule has 3 fully saturated rings. The van der Waals surface area contributed by atoms with Crippen molar-refractivity contribution < 1.29 is 0 Å². The van der Waals surface area contributed by atoms with Crippen molar-refractivity contribution >= 4 is 0 Å². The summed E-state index contributed by atoms with van der Waals surface area (Å²) < 4.78 is 0. The molecule has 0 radical (unpaired) electrons. The van der Waals surface area contributed by atoms with Crippen molar-refractivity contribution in [3.63, 3.8) is 0 Å². The van der Waals surface area contributed by atoms with Gasteiger partial charge in [-0.3, -0.25) is 0 Å². The van der Waals surface area contributed by atoms with Crippen LogP contribution < -0.4 is 0 Å². The Bertz CT molecular complexity index is 407. The van der Waals surface area contributed by atoms with Crippen LogP contribution in [0.1, 0.15) is 97.3 Å². The van der Waals surface area contributed by atoms with Crippen LogP contribution in [0.5, 0.6) is 0 Å². The Balaban J connectivity index is 1.35. The minimum absolute atomic E-state index is 0.868. The molecule has 0 aliphatic heterocycles. The molecule has 25 heavy (non-hydrogen) atoms. The van der Waals surface area contributed by atoms with Gasteiger partial charge in [0, 0.05) is 0 Å². The molecule has 0 nitrogen and oxygen atoms in total. The van der Waals surface area contributed by atoms with Crippen LogP contribution in [0.4, 0.5) is 0 Å². The van der Waals surface area contributed by atoms with Gasteiger partial charge in [-0.1, -0.05) is 50.5 Å². The topological polar surface area (TPSA) is 0 Å². The normalized spacial score (nSPS) is 40.7. The van der Waals surface area contributed by atoms with E-state index >= 15 is 0 Å². The molecule has 0 heterocycles. The summed E-state index contributed by atoms with van der Waals surface area (Å²) in [4.78, 5) is 0. The molecule has 3 aliphatic carbocycles. The third kappa shape index (κ3) is 5.73. The van der Waals surface area contributed by atoms with Gasteiger partial charge in [0.1, 0.15) is 0 Å². The molecule has 0 spiro atoms. The number of hydrogen-bond acceptors (Lipinski definition) is 0. The Morgan fingerprint density at radius 2 is 0.960 bits per heavy atom. The minimum atomic E-state index is 0.868. The summed E-state index contributed by atoms with van der Waals surface area (Å²) in [6.07, 6.45) is 29.1. The fourth-order valence-electron chi connectivity index (χ4n) is 5.99. The Kier molecular flexibility index (Phi) is 7.68. The largest absolute Gasteiger partial charge is 0.0914 e. The Hall–Kier alpha value is -0.520. The fraction of sp³-hybridized carbons (Fsp3) is 0.840. The van der Waals surface area contributed by atoms with E-state index in [2.05, 4.69) is 38.2 Å². The summed E-state index contributed by atoms with van der Waals surface area (Å²) in [5.41, 5.74) is 0. The smallest absolute Gasteiger partial charge is 0.0233 e. The van der Waals surface area contributed by atoms with Gasteiger partial charge in [0.05, 0.1) is 0 Å². The number of hydrogen-bond donors (Lipinski definition) is 0. The molecule has 0 unspecified atom stereocenters. The van der Waals surface area contributed by atoms with Crippen LogP contribution in [-0.4, -0.2) is 0 Å². The SMILES string of the molecule is C/C=C/C1CCC(/C=C/C2CCC(C3CCC(CC)CC3)CC2)CC1. The summed E-state index contributed by atoms with van der Waals surface area (Å²) in [6, 6.07) is 0. The van der Waals surface area contributed by atoms with Crippen LogP contribution in [0.15, 0.2) is 24.3 Å². The summed E-state index contributed by atoms with van der Waals surface area (Å²) in [5.74, 6) is 5.85. The van der Waals surface area contributed by atoms with Gasteiger partial charge in [-0.2, -0.15) is 0 Å². The first-order valence-corrected chi connectivity index (χ1v) is 11.6. The van der Waals surface area contributed by atoms with E-state index in [-0.39, 0.29) is 0 Å². The lowest BCUT2D eigenvalue weighted by molar-refractivity contribution is 0.154. The lowest BCUT2D eigenvalue weighted by atomic mass is 9.69. The molecule has 3 saturated carbocycles. The maximum absolute atomic E-state index is 2.63. The third-order valence-corrected chi connectivity index (χ3v) is 7.89. The molecule has 0 bridgehead atoms. The molecule has 0 saturated heterocycles. The Morgan fingerprint density at radius 3 is 1.40 bits per heavy atom. The maximum Gasteiger partial charge on any atom is -0.0233 e. The second kappa shape index (κ2) is 9.98. The zero-order valence-electron chi connectivity index (χ0n) is 17.0. The van der Waals surface area contributed by atoms with Gasteiger partial charge in [-0.15, -0.1) is 0 Å². The van der Waals surface area contributed by atoms with Crippen LogP contribution >= 0.6 is 0 Å². The average Bonchev–Trinajstić information content (AvgIpc) is 2.68. The summed E-state index contributed by atoms with van der Waals surface area (Å²) in [7, 11) is 0. The highest BCUT2D eigenvalue weighted by Gasteiger charge is 2.30. The van der Waals surface area contributed by atoms with Gasteiger partial charge < -0.3 is 0 Å². The van der Waals surface area contributed by atoms with E-state index < -0.39 is 0 Å². The lowest BCUT2D eigenvalue weighted by Crippen LogP contribution is -2.25. The average molecular weight is 343 g/mol. The Labute approximate surface area is 157 Å². The minimum Gasteiger partial charge on any atom is -0.0914 e. The van der Waals surface area contributed by atoms with Crippen LogP contribution in [0.25, 0.3) is 0 Å². The highest BCUT2D eigenvalue weighted by Crippen LogP contribution is 2.42. The van der Waals surface area contributed by atoms with Crippen molar-refractivity contribution in [3.05, 3.63) is 24.3 Å². The molecular weight excluding hydrogens is 300 g/mol. The van der Waals surface area contributed by atoms with Crippen molar-refractivity contribution in [2.45, 2.75) is 97.3 Å². The molecule has 0 heteroatoms. The molecule has 0 aromatic carbocycles. The zero-order valence-corrected chi connectivity index (χ0v) is 17.0. The first-order valence-electron chi connectivity index (χ1n) is 11.6. The van der Waals surface area contributed by atoms with Crippen molar-refractivity contribution in [3.8, 4) is 0 Å². The van der Waals surface area contributed by atoms with E-state index in [0.717, 1.165) is 35.5 Å². The maximum atomic E-state index is 2.63. The van der Waals surface area contributed by atoms with Crippen molar-refractivity contribution in [2.75, 3.05) is 0 Å². The first kappa shape index (κ1) is 19.2. The quantitative estimate of drug-likeness (QED) is 0.445. The van der Waals surface area contributed by atoms with Crippen molar-refractivity contribution in [1.29, 1.82) is 0 Å². The fourth-order valence-corrected chi connectivity index (χ4v) is 5.99. The van der Waals surface area contributed by atoms with Gasteiger partial charge in [0.25, 0.3) is 0 Å². The standard InChI is InChI=1S/C25H42/c1-3-5-21-6-8-22(9-7-21)10-11-23-14-18-25(19-15-23)24-16-12-20(4-2)13-17-24/h3,5,10-11,20-25H,4,6-9,12-19H2,1-2H3/b5-3+,11-10+. The van der Waals surface area contributed by atoms with E-state index in [1.54, 1.807) is 12.8 Å². The highest BCUT2D eigenvalue weighted by molar-refractivity contribution is 4.98. The van der Waals surface area contributed by atoms with Gasteiger partial charge >= 0.3 is 0 Å². The lowest BCUT2D eigenvalue weighted by Gasteiger charge is -2.37. The molecule has 0 aromatic heterocycles. The zero-order chi connectivity index (χ0) is 17.5. The predicted molar refractivity (Wildman–Crippen MR) is 111 cm³/mol. The van der Waals surface area contributed by atoms with Crippen molar-refractivity contribution in [1.82, 2.24) is 0 Å². The van der Waals surface area contributed by atoms with Crippen molar-refractivity contribution in [2.24, 2.45) is 35.5 Å². The van der Waals surface area contributed by atoms with E-state index in [1.165, 1.54) is 70.6 Å². The van der Waals surface area contributed by atoms with Crippen LogP contribution in [0.2, 0.25) is 0 Å².